The summed E-state index contributed by atoms with van der Waals surface area (Å²) in [6.45, 7) is 2.89. The molecule has 1 heterocycles. The van der Waals surface area contributed by atoms with Crippen LogP contribution in [0.2, 0.25) is 0 Å². The van der Waals surface area contributed by atoms with Gasteiger partial charge in [-0.05, 0) is 44.7 Å². The second-order valence-electron chi connectivity index (χ2n) is 5.95. The monoisotopic (exact) mass is 270 g/mol. The van der Waals surface area contributed by atoms with Gasteiger partial charge >= 0.3 is 5.97 Å². The van der Waals surface area contributed by atoms with E-state index in [1.807, 2.05) is 0 Å². The van der Waals surface area contributed by atoms with Gasteiger partial charge in [0.05, 0.1) is 12.6 Å². The molecule has 2 rings (SSSR count). The van der Waals surface area contributed by atoms with Crippen LogP contribution in [-0.4, -0.2) is 59.4 Å². The molecular formula is C14H26N2O3. The predicted molar refractivity (Wildman–Crippen MR) is 73.1 cm³/mol. The number of nitrogens with one attached hydrogen (secondary N) is 1. The number of aliphatic hydroxyl groups excluding tert-OH is 1. The van der Waals surface area contributed by atoms with E-state index < -0.39 is 5.97 Å². The van der Waals surface area contributed by atoms with Crippen LogP contribution in [0.3, 0.4) is 0 Å². The standard InChI is InChI=1S/C14H26N2O3/c17-13-6-2-1-5-12(13)16-7-3-4-11(10-16)8-15-9-14(18)19/h11-13,15,17H,1-10H2,(H,18,19). The largest absolute Gasteiger partial charge is 0.480 e. The van der Waals surface area contributed by atoms with Crippen LogP contribution in [0.1, 0.15) is 38.5 Å². The average molecular weight is 270 g/mol. The van der Waals surface area contributed by atoms with E-state index in [1.165, 1.54) is 6.42 Å². The van der Waals surface area contributed by atoms with Crippen molar-refractivity contribution in [1.29, 1.82) is 0 Å². The van der Waals surface area contributed by atoms with Crippen molar-refractivity contribution in [3.63, 3.8) is 0 Å². The van der Waals surface area contributed by atoms with Gasteiger partial charge in [-0.3, -0.25) is 9.69 Å². The summed E-state index contributed by atoms with van der Waals surface area (Å²) in [5, 5.41) is 21.7. The lowest BCUT2D eigenvalue weighted by Crippen LogP contribution is -2.51. The smallest absolute Gasteiger partial charge is 0.317 e. The molecule has 19 heavy (non-hydrogen) atoms. The van der Waals surface area contributed by atoms with Gasteiger partial charge in [0.1, 0.15) is 0 Å². The van der Waals surface area contributed by atoms with Gasteiger partial charge in [-0.1, -0.05) is 12.8 Å². The molecule has 0 aromatic heterocycles. The van der Waals surface area contributed by atoms with E-state index in [0.717, 1.165) is 51.7 Å². The lowest BCUT2D eigenvalue weighted by atomic mass is 9.88. The number of hydrogen-bond donors (Lipinski definition) is 3. The van der Waals surface area contributed by atoms with E-state index >= 15 is 0 Å². The van der Waals surface area contributed by atoms with Gasteiger partial charge in [0.15, 0.2) is 0 Å². The molecule has 1 aliphatic heterocycles. The van der Waals surface area contributed by atoms with Crippen LogP contribution in [0.4, 0.5) is 0 Å². The highest BCUT2D eigenvalue weighted by atomic mass is 16.4. The molecular weight excluding hydrogens is 244 g/mol. The van der Waals surface area contributed by atoms with Gasteiger partial charge < -0.3 is 15.5 Å². The Morgan fingerprint density at radius 3 is 2.74 bits per heavy atom. The Morgan fingerprint density at radius 1 is 1.21 bits per heavy atom. The molecule has 0 amide bonds. The fraction of sp³-hybridized carbons (Fsp3) is 0.929. The van der Waals surface area contributed by atoms with Gasteiger partial charge in [-0.2, -0.15) is 0 Å². The number of aliphatic carboxylic acids is 1. The van der Waals surface area contributed by atoms with Crippen LogP contribution in [0.25, 0.3) is 0 Å². The first kappa shape index (κ1) is 14.8. The second kappa shape index (κ2) is 7.22. The SMILES string of the molecule is O=C(O)CNCC1CCCN(C2CCCCC2O)C1. The lowest BCUT2D eigenvalue weighted by Gasteiger charge is -2.42. The van der Waals surface area contributed by atoms with Crippen molar-refractivity contribution in [3.8, 4) is 0 Å². The third-order valence-electron chi connectivity index (χ3n) is 4.42. The van der Waals surface area contributed by atoms with Gasteiger partial charge in [0.2, 0.25) is 0 Å². The van der Waals surface area contributed by atoms with Crippen LogP contribution in [0.15, 0.2) is 0 Å². The minimum atomic E-state index is -0.796. The average Bonchev–Trinajstić information content (AvgIpc) is 2.39. The van der Waals surface area contributed by atoms with E-state index in [1.54, 1.807) is 0 Å². The molecule has 1 saturated carbocycles. The van der Waals surface area contributed by atoms with Crippen molar-refractivity contribution < 1.29 is 15.0 Å². The van der Waals surface area contributed by atoms with E-state index in [0.29, 0.717) is 12.0 Å². The van der Waals surface area contributed by atoms with Crippen molar-refractivity contribution in [3.05, 3.63) is 0 Å². The Hall–Kier alpha value is -0.650. The first-order valence-corrected chi connectivity index (χ1v) is 7.51. The highest BCUT2D eigenvalue weighted by Gasteiger charge is 2.31. The minimum Gasteiger partial charge on any atom is -0.480 e. The van der Waals surface area contributed by atoms with E-state index in [-0.39, 0.29) is 12.6 Å². The van der Waals surface area contributed by atoms with Crippen LogP contribution >= 0.6 is 0 Å². The molecule has 0 bridgehead atoms. The Kier molecular flexibility index (Phi) is 5.60. The molecule has 5 heteroatoms. The molecule has 110 valence electrons. The molecule has 3 atom stereocenters. The zero-order valence-corrected chi connectivity index (χ0v) is 11.6. The van der Waals surface area contributed by atoms with Crippen LogP contribution in [0, 0.1) is 5.92 Å². The van der Waals surface area contributed by atoms with Gasteiger partial charge in [0, 0.05) is 12.6 Å². The second-order valence-corrected chi connectivity index (χ2v) is 5.95. The first-order valence-electron chi connectivity index (χ1n) is 7.51. The van der Waals surface area contributed by atoms with Crippen molar-refractivity contribution >= 4 is 5.97 Å². The molecule has 2 aliphatic rings. The van der Waals surface area contributed by atoms with Crippen molar-refractivity contribution in [2.75, 3.05) is 26.2 Å². The number of carboxylic acids is 1. The summed E-state index contributed by atoms with van der Waals surface area (Å²) >= 11 is 0. The lowest BCUT2D eigenvalue weighted by molar-refractivity contribution is -0.136. The van der Waals surface area contributed by atoms with Crippen LogP contribution < -0.4 is 5.32 Å². The summed E-state index contributed by atoms with van der Waals surface area (Å²) in [7, 11) is 0. The molecule has 1 aliphatic carbocycles. The Morgan fingerprint density at radius 2 is 2.00 bits per heavy atom. The van der Waals surface area contributed by atoms with Gasteiger partial charge in [0.25, 0.3) is 0 Å². The predicted octanol–water partition coefficient (Wildman–Crippen LogP) is 0.676. The maximum Gasteiger partial charge on any atom is 0.317 e. The molecule has 3 unspecified atom stereocenters. The van der Waals surface area contributed by atoms with Crippen LogP contribution in [-0.2, 0) is 4.79 Å². The maximum absolute atomic E-state index is 10.5. The summed E-state index contributed by atoms with van der Waals surface area (Å²) in [6, 6.07) is 0.330. The fourth-order valence-corrected chi connectivity index (χ4v) is 3.47. The Bertz CT molecular complexity index is 298. The highest BCUT2D eigenvalue weighted by Crippen LogP contribution is 2.27. The molecule has 0 aromatic rings. The summed E-state index contributed by atoms with van der Waals surface area (Å²) in [5.74, 6) is -0.280. The fourth-order valence-electron chi connectivity index (χ4n) is 3.47. The molecule has 0 aromatic carbocycles. The summed E-state index contributed by atoms with van der Waals surface area (Å²) in [6.07, 6.45) is 6.56. The Labute approximate surface area is 115 Å². The minimum absolute atomic E-state index is 0.0442. The molecule has 1 saturated heterocycles. The zero-order chi connectivity index (χ0) is 13.7. The molecule has 0 radical (unpaired) electrons. The van der Waals surface area contributed by atoms with E-state index in [9.17, 15) is 9.90 Å². The highest BCUT2D eigenvalue weighted by molar-refractivity contribution is 5.68. The molecule has 5 nitrogen and oxygen atoms in total. The number of piperidine rings is 1. The number of nitrogens with zero attached hydrogens (tertiary/aromatic N) is 1. The summed E-state index contributed by atoms with van der Waals surface area (Å²) in [5.41, 5.74) is 0. The molecule has 3 N–H and O–H groups in total. The Balaban J connectivity index is 1.77. The molecule has 2 fully saturated rings. The first-order chi connectivity index (χ1) is 9.16. The van der Waals surface area contributed by atoms with Crippen molar-refractivity contribution in [1.82, 2.24) is 10.2 Å². The molecule has 0 spiro atoms. The van der Waals surface area contributed by atoms with E-state index in [2.05, 4.69) is 10.2 Å². The van der Waals surface area contributed by atoms with Crippen molar-refractivity contribution in [2.45, 2.75) is 50.7 Å². The zero-order valence-electron chi connectivity index (χ0n) is 11.6. The number of carbonyl (C=O) groups is 1. The van der Waals surface area contributed by atoms with Gasteiger partial charge in [-0.25, -0.2) is 0 Å². The normalized spacial score (nSPS) is 33.2. The van der Waals surface area contributed by atoms with Crippen molar-refractivity contribution in [2.24, 2.45) is 5.92 Å². The number of likely N-dealkylation sites (tertiary alicyclic amines) is 1. The van der Waals surface area contributed by atoms with E-state index in [4.69, 9.17) is 5.11 Å². The third kappa shape index (κ3) is 4.44. The number of carboxylic acid groups (broad SMARTS) is 1. The van der Waals surface area contributed by atoms with Crippen LogP contribution in [0.5, 0.6) is 0 Å². The number of hydrogen-bond acceptors (Lipinski definition) is 4. The quantitative estimate of drug-likeness (QED) is 0.685. The third-order valence-corrected chi connectivity index (χ3v) is 4.42. The number of rotatable bonds is 5. The maximum atomic E-state index is 10.5. The summed E-state index contributed by atoms with van der Waals surface area (Å²) in [4.78, 5) is 12.9. The summed E-state index contributed by atoms with van der Waals surface area (Å²) < 4.78 is 0. The topological polar surface area (TPSA) is 72.8 Å². The number of aliphatic hydroxyl groups is 1. The van der Waals surface area contributed by atoms with Gasteiger partial charge in [-0.15, -0.1) is 0 Å².